The molecule has 0 aliphatic carbocycles. The van der Waals surface area contributed by atoms with Crippen LogP contribution in [0.25, 0.3) is 11.3 Å². The minimum absolute atomic E-state index is 0.225. The average molecular weight is 397 g/mol. The molecule has 0 bridgehead atoms. The van der Waals surface area contributed by atoms with Gasteiger partial charge in [0.2, 0.25) is 0 Å². The first-order chi connectivity index (χ1) is 13.6. The van der Waals surface area contributed by atoms with E-state index in [0.717, 1.165) is 40.4 Å². The Kier molecular flexibility index (Phi) is 5.05. The van der Waals surface area contributed by atoms with Crippen LogP contribution in [0.15, 0.2) is 42.5 Å². The Morgan fingerprint density at radius 3 is 2.71 bits per heavy atom. The molecular weight excluding hydrogens is 376 g/mol. The van der Waals surface area contributed by atoms with E-state index in [-0.39, 0.29) is 12.4 Å². The number of rotatable bonds is 4. The zero-order valence-corrected chi connectivity index (χ0v) is 16.6. The van der Waals surface area contributed by atoms with Gasteiger partial charge in [0.25, 0.3) is 0 Å². The number of carbonyl (C=O) groups is 1. The highest BCUT2D eigenvalue weighted by Crippen LogP contribution is 2.39. The molecule has 0 spiro atoms. The van der Waals surface area contributed by atoms with Crippen molar-refractivity contribution in [3.8, 4) is 11.3 Å². The highest BCUT2D eigenvalue weighted by Gasteiger charge is 2.24. The first-order valence-electron chi connectivity index (χ1n) is 9.29. The Bertz CT molecular complexity index is 1010. The number of aryl methyl sites for hydroxylation is 1. The summed E-state index contributed by atoms with van der Waals surface area (Å²) in [6, 6.07) is 13.8. The number of ether oxygens (including phenoxy) is 1. The van der Waals surface area contributed by atoms with Crippen LogP contribution in [-0.4, -0.2) is 34.1 Å². The Morgan fingerprint density at radius 2 is 1.96 bits per heavy atom. The van der Waals surface area contributed by atoms with E-state index in [1.165, 1.54) is 0 Å². The van der Waals surface area contributed by atoms with Crippen molar-refractivity contribution in [2.75, 3.05) is 18.1 Å². The summed E-state index contributed by atoms with van der Waals surface area (Å²) < 4.78 is 7.05. The number of nitrogens with zero attached hydrogens (tertiary/aromatic N) is 4. The van der Waals surface area contributed by atoms with Crippen molar-refractivity contribution in [1.29, 1.82) is 0 Å². The number of aromatic nitrogens is 3. The molecule has 2 heterocycles. The van der Waals surface area contributed by atoms with Gasteiger partial charge in [-0.05, 0) is 49.7 Å². The third-order valence-electron chi connectivity index (χ3n) is 4.84. The molecule has 28 heavy (non-hydrogen) atoms. The summed E-state index contributed by atoms with van der Waals surface area (Å²) in [5.74, 6) is -0.225. The van der Waals surface area contributed by atoms with Crippen molar-refractivity contribution >= 4 is 28.9 Å². The quantitative estimate of drug-likeness (QED) is 0.619. The molecule has 6 nitrogen and oxygen atoms in total. The van der Waals surface area contributed by atoms with Gasteiger partial charge in [-0.15, -0.1) is 5.10 Å². The summed E-state index contributed by atoms with van der Waals surface area (Å²) in [4.78, 5) is 14.2. The van der Waals surface area contributed by atoms with E-state index >= 15 is 0 Å². The summed E-state index contributed by atoms with van der Waals surface area (Å²) in [5.41, 5.74) is 5.91. The molecule has 0 saturated carbocycles. The molecule has 2 aromatic carbocycles. The minimum Gasteiger partial charge on any atom is -0.466 e. The van der Waals surface area contributed by atoms with Crippen molar-refractivity contribution in [3.05, 3.63) is 58.7 Å². The van der Waals surface area contributed by atoms with Gasteiger partial charge < -0.3 is 9.64 Å². The van der Waals surface area contributed by atoms with Crippen LogP contribution in [0.5, 0.6) is 0 Å². The maximum atomic E-state index is 12.0. The Hall–Kier alpha value is -2.86. The fourth-order valence-electron chi connectivity index (χ4n) is 3.58. The molecule has 0 N–H and O–H groups in total. The van der Waals surface area contributed by atoms with Gasteiger partial charge in [-0.2, -0.15) is 0 Å². The zero-order chi connectivity index (χ0) is 19.7. The van der Waals surface area contributed by atoms with Gasteiger partial charge in [-0.25, -0.2) is 4.68 Å². The van der Waals surface area contributed by atoms with Crippen LogP contribution in [0.2, 0.25) is 5.02 Å². The standard InChI is InChI=1S/C21H21ClN4O2/c1-3-28-20(27)13-15-4-9-18-19(12-15)25(17-7-5-16(22)6-8-17)10-11-26-21(18)14(2)23-24-26/h4-9,12H,3,10-11,13H2,1-2H3. The van der Waals surface area contributed by atoms with Crippen LogP contribution in [0, 0.1) is 6.92 Å². The highest BCUT2D eigenvalue weighted by atomic mass is 35.5. The number of esters is 1. The maximum absolute atomic E-state index is 12.0. The molecule has 3 aromatic rings. The first kappa shape index (κ1) is 18.5. The van der Waals surface area contributed by atoms with E-state index in [1.54, 1.807) is 0 Å². The summed E-state index contributed by atoms with van der Waals surface area (Å²) in [5, 5.41) is 9.24. The second-order valence-electron chi connectivity index (χ2n) is 6.71. The molecule has 144 valence electrons. The lowest BCUT2D eigenvalue weighted by atomic mass is 10.0. The fraction of sp³-hybridized carbons (Fsp3) is 0.286. The number of carbonyl (C=O) groups excluding carboxylic acids is 1. The molecular formula is C21H21ClN4O2. The van der Waals surface area contributed by atoms with Gasteiger partial charge in [0.15, 0.2) is 0 Å². The van der Waals surface area contributed by atoms with Crippen molar-refractivity contribution in [3.63, 3.8) is 0 Å². The van der Waals surface area contributed by atoms with Gasteiger partial charge >= 0.3 is 5.97 Å². The molecule has 0 radical (unpaired) electrons. The number of fused-ring (bicyclic) bond motifs is 3. The third kappa shape index (κ3) is 3.47. The normalized spacial score (nSPS) is 12.9. The van der Waals surface area contributed by atoms with Crippen LogP contribution >= 0.6 is 11.6 Å². The zero-order valence-electron chi connectivity index (χ0n) is 15.9. The topological polar surface area (TPSA) is 60.2 Å². The third-order valence-corrected chi connectivity index (χ3v) is 5.09. The van der Waals surface area contributed by atoms with Crippen LogP contribution in [0.1, 0.15) is 18.2 Å². The van der Waals surface area contributed by atoms with Crippen molar-refractivity contribution in [1.82, 2.24) is 15.0 Å². The molecule has 0 saturated heterocycles. The molecule has 0 atom stereocenters. The Morgan fingerprint density at radius 1 is 1.18 bits per heavy atom. The predicted molar refractivity (Wildman–Crippen MR) is 109 cm³/mol. The average Bonchev–Trinajstić information content (AvgIpc) is 2.95. The predicted octanol–water partition coefficient (Wildman–Crippen LogP) is 4.16. The van der Waals surface area contributed by atoms with Crippen LogP contribution in [0.4, 0.5) is 11.4 Å². The lowest BCUT2D eigenvalue weighted by Crippen LogP contribution is -2.21. The van der Waals surface area contributed by atoms with Gasteiger partial charge in [-0.1, -0.05) is 28.9 Å². The van der Waals surface area contributed by atoms with Crippen molar-refractivity contribution < 1.29 is 9.53 Å². The lowest BCUT2D eigenvalue weighted by Gasteiger charge is -2.25. The van der Waals surface area contributed by atoms with Gasteiger partial charge in [-0.3, -0.25) is 4.79 Å². The summed E-state index contributed by atoms with van der Waals surface area (Å²) in [6.07, 6.45) is 0.242. The van der Waals surface area contributed by atoms with E-state index in [9.17, 15) is 4.79 Å². The van der Waals surface area contributed by atoms with Crippen LogP contribution in [-0.2, 0) is 22.5 Å². The van der Waals surface area contributed by atoms with E-state index < -0.39 is 0 Å². The number of hydrogen-bond acceptors (Lipinski definition) is 5. The van der Waals surface area contributed by atoms with Crippen LogP contribution < -0.4 is 4.90 Å². The number of anilines is 2. The van der Waals surface area contributed by atoms with Crippen molar-refractivity contribution in [2.24, 2.45) is 0 Å². The molecule has 0 fully saturated rings. The van der Waals surface area contributed by atoms with E-state index in [2.05, 4.69) is 21.3 Å². The molecule has 0 amide bonds. The summed E-state index contributed by atoms with van der Waals surface area (Å²) in [7, 11) is 0. The Balaban J connectivity index is 1.82. The molecule has 1 aromatic heterocycles. The van der Waals surface area contributed by atoms with Gasteiger partial charge in [0, 0.05) is 22.8 Å². The number of hydrogen-bond donors (Lipinski definition) is 0. The minimum atomic E-state index is -0.225. The molecule has 1 aliphatic rings. The largest absolute Gasteiger partial charge is 0.466 e. The molecule has 4 rings (SSSR count). The van der Waals surface area contributed by atoms with Gasteiger partial charge in [0.1, 0.15) is 0 Å². The molecule has 1 aliphatic heterocycles. The Labute approximate surface area is 168 Å². The van der Waals surface area contributed by atoms with Gasteiger partial charge in [0.05, 0.1) is 36.6 Å². The molecule has 7 heteroatoms. The molecule has 0 unspecified atom stereocenters. The summed E-state index contributed by atoms with van der Waals surface area (Å²) in [6.45, 7) is 5.60. The fourth-order valence-corrected chi connectivity index (χ4v) is 3.71. The van der Waals surface area contributed by atoms with Crippen molar-refractivity contribution in [2.45, 2.75) is 26.8 Å². The number of benzene rings is 2. The number of halogens is 1. The van der Waals surface area contributed by atoms with E-state index in [0.29, 0.717) is 18.2 Å². The first-order valence-corrected chi connectivity index (χ1v) is 9.66. The maximum Gasteiger partial charge on any atom is 0.310 e. The summed E-state index contributed by atoms with van der Waals surface area (Å²) >= 11 is 6.08. The lowest BCUT2D eigenvalue weighted by molar-refractivity contribution is -0.142. The second-order valence-corrected chi connectivity index (χ2v) is 7.14. The highest BCUT2D eigenvalue weighted by molar-refractivity contribution is 6.30. The second kappa shape index (κ2) is 7.64. The SMILES string of the molecule is CCOC(=O)Cc1ccc2c(c1)N(c1ccc(Cl)cc1)CCn1nnc(C)c1-2. The van der Waals surface area contributed by atoms with E-state index in [4.69, 9.17) is 16.3 Å². The van der Waals surface area contributed by atoms with E-state index in [1.807, 2.05) is 54.9 Å². The van der Waals surface area contributed by atoms with Crippen LogP contribution in [0.3, 0.4) is 0 Å². The smallest absolute Gasteiger partial charge is 0.310 e. The monoisotopic (exact) mass is 396 g/mol.